The van der Waals surface area contributed by atoms with Gasteiger partial charge in [0.05, 0.1) is 11.5 Å². The second-order valence-corrected chi connectivity index (χ2v) is 5.00. The lowest BCUT2D eigenvalue weighted by Crippen LogP contribution is -2.18. The van der Waals surface area contributed by atoms with Crippen LogP contribution in [0.1, 0.15) is 37.8 Å². The van der Waals surface area contributed by atoms with Gasteiger partial charge < -0.3 is 4.74 Å². The molecule has 0 aromatic carbocycles. The minimum absolute atomic E-state index is 0.0129. The van der Waals surface area contributed by atoms with Gasteiger partial charge in [0.25, 0.3) is 5.88 Å². The molecule has 0 atom stereocenters. The van der Waals surface area contributed by atoms with E-state index in [1.54, 1.807) is 0 Å². The fourth-order valence-corrected chi connectivity index (χ4v) is 2.47. The van der Waals surface area contributed by atoms with Crippen LogP contribution in [0.25, 0.3) is 0 Å². The van der Waals surface area contributed by atoms with Crippen molar-refractivity contribution >= 4 is 11.6 Å². The molecule has 8 nitrogen and oxygen atoms in total. The van der Waals surface area contributed by atoms with Gasteiger partial charge in [0, 0.05) is 0 Å². The van der Waals surface area contributed by atoms with Gasteiger partial charge in [-0.15, -0.1) is 0 Å². The summed E-state index contributed by atoms with van der Waals surface area (Å²) in [5.74, 6) is 5.79. The molecule has 0 amide bonds. The Bertz CT molecular complexity index is 488. The molecule has 1 aliphatic carbocycles. The van der Waals surface area contributed by atoms with Crippen molar-refractivity contribution in [1.29, 1.82) is 0 Å². The van der Waals surface area contributed by atoms with Crippen LogP contribution >= 0.6 is 0 Å². The fraction of sp³-hybridized carbons (Fsp3) is 0.667. The quantitative estimate of drug-likeness (QED) is 0.481. The summed E-state index contributed by atoms with van der Waals surface area (Å²) in [6, 6.07) is 0. The Morgan fingerprint density at radius 2 is 2.10 bits per heavy atom. The van der Waals surface area contributed by atoms with Gasteiger partial charge in [-0.3, -0.25) is 15.5 Å². The molecule has 1 heterocycles. The maximum atomic E-state index is 11.1. The van der Waals surface area contributed by atoms with E-state index >= 15 is 0 Å². The Kier molecular flexibility index (Phi) is 4.67. The third kappa shape index (κ3) is 3.32. The van der Waals surface area contributed by atoms with E-state index in [0.29, 0.717) is 12.5 Å². The summed E-state index contributed by atoms with van der Waals surface area (Å²) in [5.41, 5.74) is 2.33. The first-order valence-electron chi connectivity index (χ1n) is 6.74. The molecule has 2 rings (SSSR count). The van der Waals surface area contributed by atoms with Gasteiger partial charge in [-0.25, -0.2) is 10.8 Å². The molecule has 0 radical (unpaired) electrons. The summed E-state index contributed by atoms with van der Waals surface area (Å²) in [4.78, 5) is 18.4. The van der Waals surface area contributed by atoms with Crippen molar-refractivity contribution in [2.24, 2.45) is 11.8 Å². The number of hydrogen-bond donors (Lipinski definition) is 2. The minimum Gasteiger partial charge on any atom is -0.472 e. The molecule has 110 valence electrons. The summed E-state index contributed by atoms with van der Waals surface area (Å²) in [6.45, 7) is 1.98. The average Bonchev–Trinajstić information content (AvgIpc) is 2.45. The van der Waals surface area contributed by atoms with E-state index < -0.39 is 4.92 Å². The summed E-state index contributed by atoms with van der Waals surface area (Å²) < 4.78 is 5.57. The van der Waals surface area contributed by atoms with Crippen molar-refractivity contribution < 1.29 is 9.66 Å². The lowest BCUT2D eigenvalue weighted by atomic mass is 9.90. The highest BCUT2D eigenvalue weighted by Gasteiger charge is 2.25. The zero-order chi connectivity index (χ0) is 14.5. The number of aromatic nitrogens is 2. The van der Waals surface area contributed by atoms with E-state index in [-0.39, 0.29) is 23.2 Å². The number of nitrogens with zero attached hydrogens (tertiary/aromatic N) is 3. The molecule has 8 heteroatoms. The maximum Gasteiger partial charge on any atom is 0.352 e. The van der Waals surface area contributed by atoms with Crippen molar-refractivity contribution in [2.45, 2.75) is 39.0 Å². The Balaban J connectivity index is 2.15. The number of hydrogen-bond acceptors (Lipinski definition) is 7. The van der Waals surface area contributed by atoms with Gasteiger partial charge in [0.2, 0.25) is 5.95 Å². The van der Waals surface area contributed by atoms with E-state index in [1.165, 1.54) is 26.2 Å². The topological polar surface area (TPSA) is 116 Å². The molecular formula is C12H19N5O3. The van der Waals surface area contributed by atoms with Crippen LogP contribution < -0.4 is 16.0 Å². The Hall–Kier alpha value is -1.96. The molecular weight excluding hydrogens is 262 g/mol. The molecule has 0 spiro atoms. The van der Waals surface area contributed by atoms with Crippen LogP contribution in [-0.4, -0.2) is 21.5 Å². The largest absolute Gasteiger partial charge is 0.472 e. The minimum atomic E-state index is -0.522. The fourth-order valence-electron chi connectivity index (χ4n) is 2.47. The number of ether oxygens (including phenoxy) is 1. The Morgan fingerprint density at radius 3 is 2.70 bits per heavy atom. The maximum absolute atomic E-state index is 11.1. The Labute approximate surface area is 116 Å². The molecule has 1 saturated carbocycles. The van der Waals surface area contributed by atoms with Crippen LogP contribution in [0.15, 0.2) is 0 Å². The van der Waals surface area contributed by atoms with Crippen molar-refractivity contribution in [1.82, 2.24) is 9.97 Å². The second-order valence-electron chi connectivity index (χ2n) is 5.00. The van der Waals surface area contributed by atoms with E-state index in [2.05, 4.69) is 15.4 Å². The molecule has 3 N–H and O–H groups in total. The standard InChI is InChI=1S/C12H19N5O3/c1-8-10(17(18)19)11(15-12(14-8)16-13)20-7-9-5-3-2-4-6-9/h9H,2-7,13H2,1H3,(H,14,15,16). The average molecular weight is 281 g/mol. The van der Waals surface area contributed by atoms with Gasteiger partial charge in [-0.05, 0) is 25.7 Å². The second kappa shape index (κ2) is 6.47. The Morgan fingerprint density at radius 1 is 1.40 bits per heavy atom. The number of hydrazine groups is 1. The lowest BCUT2D eigenvalue weighted by Gasteiger charge is -2.21. The molecule has 1 aliphatic rings. The number of nitrogen functional groups attached to an aromatic ring is 1. The molecule has 20 heavy (non-hydrogen) atoms. The summed E-state index contributed by atoms with van der Waals surface area (Å²) >= 11 is 0. The first-order valence-corrected chi connectivity index (χ1v) is 6.74. The highest BCUT2D eigenvalue weighted by Crippen LogP contribution is 2.30. The van der Waals surface area contributed by atoms with Crippen LogP contribution in [0.2, 0.25) is 0 Å². The third-order valence-corrected chi connectivity index (χ3v) is 3.52. The highest BCUT2D eigenvalue weighted by molar-refractivity contribution is 5.48. The van der Waals surface area contributed by atoms with Crippen LogP contribution in [0.3, 0.4) is 0 Å². The van der Waals surface area contributed by atoms with Crippen molar-refractivity contribution in [3.8, 4) is 5.88 Å². The number of nitrogens with two attached hydrogens (primary N) is 1. The van der Waals surface area contributed by atoms with Gasteiger partial charge in [0.1, 0.15) is 5.69 Å². The van der Waals surface area contributed by atoms with Crippen LogP contribution in [0.4, 0.5) is 11.6 Å². The van der Waals surface area contributed by atoms with Crippen LogP contribution in [0, 0.1) is 23.0 Å². The van der Waals surface area contributed by atoms with E-state index in [4.69, 9.17) is 10.6 Å². The van der Waals surface area contributed by atoms with E-state index in [9.17, 15) is 10.1 Å². The first-order chi connectivity index (χ1) is 9.61. The van der Waals surface area contributed by atoms with Crippen molar-refractivity contribution in [2.75, 3.05) is 12.0 Å². The van der Waals surface area contributed by atoms with Gasteiger partial charge in [-0.1, -0.05) is 19.3 Å². The monoisotopic (exact) mass is 281 g/mol. The van der Waals surface area contributed by atoms with Gasteiger partial charge >= 0.3 is 5.69 Å². The zero-order valence-electron chi connectivity index (χ0n) is 11.5. The summed E-state index contributed by atoms with van der Waals surface area (Å²) in [5, 5.41) is 11.1. The molecule has 1 fully saturated rings. The third-order valence-electron chi connectivity index (χ3n) is 3.52. The first kappa shape index (κ1) is 14.4. The number of aryl methyl sites for hydroxylation is 1. The van der Waals surface area contributed by atoms with Crippen LogP contribution in [0.5, 0.6) is 5.88 Å². The predicted octanol–water partition coefficient (Wildman–Crippen LogP) is 1.94. The normalized spacial score (nSPS) is 15.9. The van der Waals surface area contributed by atoms with Gasteiger partial charge in [-0.2, -0.15) is 4.98 Å². The zero-order valence-corrected chi connectivity index (χ0v) is 11.5. The number of nitro groups is 1. The molecule has 0 saturated heterocycles. The lowest BCUT2D eigenvalue weighted by molar-refractivity contribution is -0.387. The predicted molar refractivity (Wildman–Crippen MR) is 73.3 cm³/mol. The SMILES string of the molecule is Cc1nc(NN)nc(OCC2CCCCC2)c1[N+](=O)[O-]. The number of nitrogens with one attached hydrogen (secondary N) is 1. The van der Waals surface area contributed by atoms with Gasteiger partial charge in [0.15, 0.2) is 0 Å². The molecule has 1 aromatic heterocycles. The summed E-state index contributed by atoms with van der Waals surface area (Å²) in [6.07, 6.45) is 5.83. The number of rotatable bonds is 5. The highest BCUT2D eigenvalue weighted by atomic mass is 16.6. The molecule has 0 unspecified atom stereocenters. The van der Waals surface area contributed by atoms with Crippen LogP contribution in [-0.2, 0) is 0 Å². The van der Waals surface area contributed by atoms with Crippen molar-refractivity contribution in [3.63, 3.8) is 0 Å². The van der Waals surface area contributed by atoms with Crippen molar-refractivity contribution in [3.05, 3.63) is 15.8 Å². The van der Waals surface area contributed by atoms with E-state index in [1.807, 2.05) is 0 Å². The molecule has 1 aromatic rings. The molecule has 0 bridgehead atoms. The smallest absolute Gasteiger partial charge is 0.352 e. The van der Waals surface area contributed by atoms with E-state index in [0.717, 1.165) is 12.8 Å². The summed E-state index contributed by atoms with van der Waals surface area (Å²) in [7, 11) is 0. The number of anilines is 1. The molecule has 0 aliphatic heterocycles.